The average Bonchev–Trinajstić information content (AvgIpc) is 3.73. The highest BCUT2D eigenvalue weighted by Crippen LogP contribution is 2.37. The van der Waals surface area contributed by atoms with Crippen LogP contribution in [0.2, 0.25) is 14.4 Å². The van der Waals surface area contributed by atoms with Gasteiger partial charge in [-0.15, -0.1) is 11.3 Å². The van der Waals surface area contributed by atoms with Crippen LogP contribution in [0.1, 0.15) is 30.4 Å². The summed E-state index contributed by atoms with van der Waals surface area (Å²) in [6.07, 6.45) is 0.482. The van der Waals surface area contributed by atoms with E-state index in [1.165, 1.54) is 20.8 Å². The Balaban J connectivity index is 1.13. The smallest absolute Gasteiger partial charge is 0.414 e. The molecular formula is C38H37Cl2N3O6SSi. The Morgan fingerprint density at radius 1 is 0.922 bits per heavy atom. The number of hydrogen-bond acceptors (Lipinski definition) is 7. The number of halogens is 2. The Labute approximate surface area is 311 Å². The molecule has 0 radical (unpaired) electrons. The van der Waals surface area contributed by atoms with Crippen LogP contribution in [0.3, 0.4) is 0 Å². The van der Waals surface area contributed by atoms with Gasteiger partial charge in [0.2, 0.25) is 0 Å². The van der Waals surface area contributed by atoms with Crippen LogP contribution in [0, 0.1) is 0 Å². The number of carbonyl (C=O) groups excluding carboxylic acids is 2. The van der Waals surface area contributed by atoms with Crippen molar-refractivity contribution in [3.63, 3.8) is 0 Å². The van der Waals surface area contributed by atoms with Crippen molar-refractivity contribution < 1.29 is 23.5 Å². The van der Waals surface area contributed by atoms with Gasteiger partial charge < -0.3 is 19.2 Å². The number of pyridine rings is 1. The summed E-state index contributed by atoms with van der Waals surface area (Å²) < 4.78 is 20.3. The highest BCUT2D eigenvalue weighted by Gasteiger charge is 2.50. The largest absolute Gasteiger partial charge is 0.485 e. The van der Waals surface area contributed by atoms with Gasteiger partial charge in [0.1, 0.15) is 12.7 Å². The predicted octanol–water partition coefficient (Wildman–Crippen LogP) is 6.92. The van der Waals surface area contributed by atoms with Gasteiger partial charge in [0, 0.05) is 11.9 Å². The molecule has 3 heterocycles. The molecule has 1 fully saturated rings. The molecule has 1 N–H and O–H groups in total. The first-order chi connectivity index (χ1) is 24.5. The van der Waals surface area contributed by atoms with Crippen LogP contribution in [-0.2, 0) is 9.16 Å². The number of rotatable bonds is 12. The number of benzene rings is 3. The Kier molecular flexibility index (Phi) is 11.0. The van der Waals surface area contributed by atoms with Gasteiger partial charge in [-0.05, 0) is 57.9 Å². The summed E-state index contributed by atoms with van der Waals surface area (Å²) in [7, 11) is -2.76. The fourth-order valence-electron chi connectivity index (χ4n) is 6.31. The molecule has 1 aliphatic heterocycles. The van der Waals surface area contributed by atoms with Crippen LogP contribution in [0.15, 0.2) is 114 Å². The lowest BCUT2D eigenvalue weighted by atomic mass is 10.2. The minimum atomic E-state index is -2.76. The predicted molar refractivity (Wildman–Crippen MR) is 205 cm³/mol. The standard InChI is InChI=1S/C38H37Cl2N3O6SSi/c1-38(2,3)51(28-11-6-4-7-12-28,29-13-8-5-9-14-29)48-22-21-47-32-15-10-20-42(36(32)45)31-17-16-26(23-30(31)39)43-25-27(49-37(43)46)24-41-35(44)33-18-19-34(40)50-33/h4-20,23,27H,21-22,24-25H2,1-3H3,(H,41,44)/t27-/m0/s1. The third kappa shape index (κ3) is 7.78. The first-order valence-corrected chi connectivity index (χ1v) is 19.9. The lowest BCUT2D eigenvalue weighted by Crippen LogP contribution is -2.66. The van der Waals surface area contributed by atoms with Crippen molar-refractivity contribution in [1.82, 2.24) is 9.88 Å². The van der Waals surface area contributed by atoms with Gasteiger partial charge in [-0.2, -0.15) is 0 Å². The van der Waals surface area contributed by atoms with Crippen molar-refractivity contribution in [2.75, 3.05) is 31.2 Å². The number of ether oxygens (including phenoxy) is 2. The van der Waals surface area contributed by atoms with Crippen LogP contribution < -0.4 is 30.9 Å². The number of thiophene rings is 1. The normalized spacial score (nSPS) is 14.7. The minimum absolute atomic E-state index is 0.132. The molecule has 5 aromatic rings. The van der Waals surface area contributed by atoms with E-state index < -0.39 is 20.5 Å². The number of nitrogens with zero attached hydrogens (tertiary/aromatic N) is 2. The van der Waals surface area contributed by atoms with Gasteiger partial charge in [-0.1, -0.05) is 105 Å². The molecule has 0 bridgehead atoms. The quantitative estimate of drug-likeness (QED) is 0.110. The highest BCUT2D eigenvalue weighted by atomic mass is 35.5. The molecule has 2 aromatic heterocycles. The maximum Gasteiger partial charge on any atom is 0.414 e. The number of anilines is 1. The molecule has 9 nitrogen and oxygen atoms in total. The molecule has 2 amide bonds. The maximum atomic E-state index is 13.6. The summed E-state index contributed by atoms with van der Waals surface area (Å²) in [6.45, 7) is 7.40. The van der Waals surface area contributed by atoms with E-state index in [-0.39, 0.29) is 53.6 Å². The molecule has 0 saturated carbocycles. The Hall–Kier alpha value is -4.39. The molecule has 1 atom stereocenters. The Morgan fingerprint density at radius 3 is 2.22 bits per heavy atom. The number of aromatic nitrogens is 1. The molecular weight excluding hydrogens is 725 g/mol. The molecule has 264 valence electrons. The second kappa shape index (κ2) is 15.5. The van der Waals surface area contributed by atoms with Crippen molar-refractivity contribution in [2.45, 2.75) is 31.9 Å². The topological polar surface area (TPSA) is 99.1 Å². The zero-order valence-corrected chi connectivity index (χ0v) is 31.6. The van der Waals surface area contributed by atoms with Gasteiger partial charge in [0.05, 0.1) is 39.6 Å². The molecule has 3 aromatic carbocycles. The molecule has 6 rings (SSSR count). The van der Waals surface area contributed by atoms with Gasteiger partial charge in [-0.3, -0.25) is 19.1 Å². The zero-order chi connectivity index (χ0) is 36.2. The van der Waals surface area contributed by atoms with E-state index in [9.17, 15) is 14.4 Å². The molecule has 0 aliphatic carbocycles. The lowest BCUT2D eigenvalue weighted by Gasteiger charge is -2.43. The first kappa shape index (κ1) is 36.4. The fourth-order valence-corrected chi connectivity index (χ4v) is 12.1. The summed E-state index contributed by atoms with van der Waals surface area (Å²) in [5, 5.41) is 5.15. The number of carbonyl (C=O) groups is 2. The third-order valence-electron chi connectivity index (χ3n) is 8.65. The second-order valence-corrected chi connectivity index (χ2v) is 19.4. The zero-order valence-electron chi connectivity index (χ0n) is 28.3. The van der Waals surface area contributed by atoms with Crippen LogP contribution in [0.5, 0.6) is 5.75 Å². The Morgan fingerprint density at radius 2 is 1.61 bits per heavy atom. The van der Waals surface area contributed by atoms with Gasteiger partial charge in [0.25, 0.3) is 19.8 Å². The molecule has 1 saturated heterocycles. The third-order valence-corrected chi connectivity index (χ3v) is 15.2. The summed E-state index contributed by atoms with van der Waals surface area (Å²) in [6, 6.07) is 32.3. The second-order valence-electron chi connectivity index (χ2n) is 13.0. The summed E-state index contributed by atoms with van der Waals surface area (Å²) >= 11 is 13.8. The lowest BCUT2D eigenvalue weighted by molar-refractivity contribution is 0.0920. The molecule has 13 heteroatoms. The van der Waals surface area contributed by atoms with E-state index in [0.29, 0.717) is 20.6 Å². The molecule has 0 unspecified atom stereocenters. The van der Waals surface area contributed by atoms with Crippen LogP contribution in [0.25, 0.3) is 5.69 Å². The van der Waals surface area contributed by atoms with Crippen LogP contribution in [0.4, 0.5) is 10.5 Å². The summed E-state index contributed by atoms with van der Waals surface area (Å²) in [5.74, 6) is -0.140. The first-order valence-electron chi connectivity index (χ1n) is 16.4. The van der Waals surface area contributed by atoms with E-state index in [2.05, 4.69) is 50.4 Å². The van der Waals surface area contributed by atoms with Crippen molar-refractivity contribution in [2.24, 2.45) is 0 Å². The van der Waals surface area contributed by atoms with E-state index in [1.54, 1.807) is 48.7 Å². The number of nitrogens with one attached hydrogen (secondary N) is 1. The van der Waals surface area contributed by atoms with Crippen molar-refractivity contribution in [1.29, 1.82) is 0 Å². The average molecular weight is 763 g/mol. The van der Waals surface area contributed by atoms with E-state index in [1.807, 2.05) is 36.4 Å². The van der Waals surface area contributed by atoms with Gasteiger partial charge in [0.15, 0.2) is 5.75 Å². The molecule has 1 aliphatic rings. The maximum absolute atomic E-state index is 13.6. The van der Waals surface area contributed by atoms with E-state index >= 15 is 0 Å². The summed E-state index contributed by atoms with van der Waals surface area (Å²) in [4.78, 5) is 40.6. The molecule has 0 spiro atoms. The van der Waals surface area contributed by atoms with E-state index in [4.69, 9.17) is 37.1 Å². The monoisotopic (exact) mass is 761 g/mol. The highest BCUT2D eigenvalue weighted by molar-refractivity contribution is 7.18. The Bertz CT molecular complexity index is 2030. The van der Waals surface area contributed by atoms with Crippen LogP contribution >= 0.6 is 34.5 Å². The SMILES string of the molecule is CC(C)(C)[Si](OCCOc1cccn(-c2ccc(N3C[C@H](CNC(=O)c4ccc(Cl)s4)OC3=O)cc2Cl)c1=O)(c1ccccc1)c1ccccc1. The number of amides is 2. The molecule has 51 heavy (non-hydrogen) atoms. The van der Waals surface area contributed by atoms with Crippen LogP contribution in [-0.4, -0.2) is 57.3 Å². The van der Waals surface area contributed by atoms with Crippen molar-refractivity contribution >= 4 is 70.9 Å². The number of cyclic esters (lactones) is 1. The fraction of sp³-hybridized carbons (Fsp3) is 0.237. The van der Waals surface area contributed by atoms with Crippen molar-refractivity contribution in [3.8, 4) is 11.4 Å². The van der Waals surface area contributed by atoms with E-state index in [0.717, 1.165) is 10.4 Å². The van der Waals surface area contributed by atoms with Crippen molar-refractivity contribution in [3.05, 3.63) is 134 Å². The summed E-state index contributed by atoms with van der Waals surface area (Å²) in [5.41, 5.74) is 0.528. The minimum Gasteiger partial charge on any atom is -0.485 e. The van der Waals surface area contributed by atoms with Gasteiger partial charge >= 0.3 is 6.09 Å². The van der Waals surface area contributed by atoms with Gasteiger partial charge in [-0.25, -0.2) is 4.79 Å². The number of hydrogen-bond donors (Lipinski definition) is 1.